The topological polar surface area (TPSA) is 68.8 Å². The Hall–Kier alpha value is -1.60. The average Bonchev–Trinajstić information content (AvgIpc) is 3.34. The maximum absolute atomic E-state index is 11.7. The monoisotopic (exact) mass is 379 g/mol. The van der Waals surface area contributed by atoms with Crippen molar-refractivity contribution in [2.45, 2.75) is 45.6 Å². The number of hydrogen-bond donors (Lipinski definition) is 3. The van der Waals surface area contributed by atoms with E-state index in [1.54, 1.807) is 0 Å². The molecule has 3 N–H and O–H groups in total. The van der Waals surface area contributed by atoms with Crippen molar-refractivity contribution in [1.82, 2.24) is 20.9 Å². The van der Waals surface area contributed by atoms with Crippen LogP contribution in [0.15, 0.2) is 22.5 Å². The Morgan fingerprint density at radius 3 is 2.69 bits per heavy atom. The fourth-order valence-electron chi connectivity index (χ4n) is 3.09. The second-order valence-electron chi connectivity index (χ2n) is 6.52. The van der Waals surface area contributed by atoms with Crippen molar-refractivity contribution in [3.8, 4) is 0 Å². The molecule has 0 radical (unpaired) electrons. The first-order chi connectivity index (χ1) is 12.7. The number of rotatable bonds is 10. The third-order valence-corrected chi connectivity index (χ3v) is 5.41. The predicted molar refractivity (Wildman–Crippen MR) is 110 cm³/mol. The Morgan fingerprint density at radius 2 is 2.04 bits per heavy atom. The minimum Gasteiger partial charge on any atom is -0.357 e. The van der Waals surface area contributed by atoms with Gasteiger partial charge < -0.3 is 16.0 Å². The van der Waals surface area contributed by atoms with E-state index in [2.05, 4.69) is 52.2 Å². The summed E-state index contributed by atoms with van der Waals surface area (Å²) in [5.41, 5.74) is 0. The largest absolute Gasteiger partial charge is 0.357 e. The lowest BCUT2D eigenvalue weighted by Crippen LogP contribution is -2.40. The van der Waals surface area contributed by atoms with Crippen LogP contribution in [0.3, 0.4) is 0 Å². The van der Waals surface area contributed by atoms with Gasteiger partial charge >= 0.3 is 0 Å². The Kier molecular flexibility index (Phi) is 9.48. The van der Waals surface area contributed by atoms with E-state index in [1.807, 2.05) is 11.3 Å². The molecule has 1 aromatic rings. The Balaban J connectivity index is 1.89. The first kappa shape index (κ1) is 20.7. The fraction of sp³-hybridized carbons (Fsp3) is 0.684. The Morgan fingerprint density at radius 1 is 1.23 bits per heavy atom. The zero-order valence-corrected chi connectivity index (χ0v) is 16.9. The normalized spacial score (nSPS) is 16.5. The molecule has 1 atom stereocenters. The molecule has 26 heavy (non-hydrogen) atoms. The van der Waals surface area contributed by atoms with Gasteiger partial charge in [-0.05, 0) is 50.7 Å². The summed E-state index contributed by atoms with van der Waals surface area (Å²) in [6, 6.07) is 4.67. The van der Waals surface area contributed by atoms with Crippen molar-refractivity contribution in [1.29, 1.82) is 0 Å². The summed E-state index contributed by atoms with van der Waals surface area (Å²) in [4.78, 5) is 20.4. The number of nitrogens with zero attached hydrogens (tertiary/aromatic N) is 2. The average molecular weight is 380 g/mol. The van der Waals surface area contributed by atoms with Crippen LogP contribution in [0.1, 0.15) is 50.4 Å². The van der Waals surface area contributed by atoms with Crippen molar-refractivity contribution >= 4 is 23.2 Å². The molecule has 1 unspecified atom stereocenters. The number of likely N-dealkylation sites (tertiary alicyclic amines) is 1. The quantitative estimate of drug-likeness (QED) is 0.431. The molecule has 1 aliphatic heterocycles. The summed E-state index contributed by atoms with van der Waals surface area (Å²) in [7, 11) is 0. The van der Waals surface area contributed by atoms with Crippen molar-refractivity contribution in [3.05, 3.63) is 22.4 Å². The van der Waals surface area contributed by atoms with Crippen LogP contribution in [0.5, 0.6) is 0 Å². The molecule has 1 saturated heterocycles. The first-order valence-corrected chi connectivity index (χ1v) is 10.7. The van der Waals surface area contributed by atoms with Gasteiger partial charge in [-0.1, -0.05) is 13.0 Å². The second kappa shape index (κ2) is 11.9. The smallest absolute Gasteiger partial charge is 0.221 e. The number of hydrogen-bond acceptors (Lipinski definition) is 4. The van der Waals surface area contributed by atoms with E-state index in [0.29, 0.717) is 19.0 Å². The van der Waals surface area contributed by atoms with Crippen LogP contribution in [0.2, 0.25) is 0 Å². The molecule has 0 bridgehead atoms. The third-order valence-electron chi connectivity index (χ3n) is 4.44. The molecule has 0 spiro atoms. The zero-order valence-electron chi connectivity index (χ0n) is 16.1. The summed E-state index contributed by atoms with van der Waals surface area (Å²) in [5, 5.41) is 11.6. The maximum atomic E-state index is 11.7. The standard InChI is InChI=1S/C19H33N5OS/c1-3-10-21-18(25)9-11-22-19(20-4-2)23-15-16(17-8-7-14-26-17)24-12-5-6-13-24/h7-8,14,16H,3-6,9-13,15H2,1-2H3,(H,21,25)(H2,20,22,23). The number of aliphatic imine (C=N–C) groups is 1. The zero-order chi connectivity index (χ0) is 18.6. The second-order valence-corrected chi connectivity index (χ2v) is 7.50. The van der Waals surface area contributed by atoms with Gasteiger partial charge in [0.1, 0.15) is 0 Å². The van der Waals surface area contributed by atoms with Gasteiger partial charge in [0.25, 0.3) is 0 Å². The fourth-order valence-corrected chi connectivity index (χ4v) is 3.94. The molecule has 1 amide bonds. The lowest BCUT2D eigenvalue weighted by Gasteiger charge is -2.25. The van der Waals surface area contributed by atoms with Gasteiger partial charge in [0, 0.05) is 30.9 Å². The molecular weight excluding hydrogens is 346 g/mol. The molecular formula is C19H33N5OS. The van der Waals surface area contributed by atoms with Crippen LogP contribution in [0.4, 0.5) is 0 Å². The van der Waals surface area contributed by atoms with Crippen molar-refractivity contribution < 1.29 is 4.79 Å². The summed E-state index contributed by atoms with van der Waals surface area (Å²) >= 11 is 1.81. The molecule has 0 aliphatic carbocycles. The molecule has 146 valence electrons. The van der Waals surface area contributed by atoms with Gasteiger partial charge in [-0.2, -0.15) is 0 Å². The van der Waals surface area contributed by atoms with Crippen molar-refractivity contribution in [3.63, 3.8) is 0 Å². The van der Waals surface area contributed by atoms with E-state index in [-0.39, 0.29) is 5.91 Å². The minimum atomic E-state index is 0.0868. The number of carbonyl (C=O) groups is 1. The van der Waals surface area contributed by atoms with Crippen LogP contribution in [-0.4, -0.2) is 56.0 Å². The van der Waals surface area contributed by atoms with Gasteiger partial charge in [0.2, 0.25) is 5.91 Å². The van der Waals surface area contributed by atoms with E-state index >= 15 is 0 Å². The third kappa shape index (κ3) is 6.96. The molecule has 0 saturated carbocycles. The molecule has 6 nitrogen and oxygen atoms in total. The highest BCUT2D eigenvalue weighted by molar-refractivity contribution is 7.10. The lowest BCUT2D eigenvalue weighted by atomic mass is 10.2. The number of carbonyl (C=O) groups excluding carboxylic acids is 1. The lowest BCUT2D eigenvalue weighted by molar-refractivity contribution is -0.120. The van der Waals surface area contributed by atoms with Crippen LogP contribution in [0, 0.1) is 0 Å². The molecule has 7 heteroatoms. The van der Waals surface area contributed by atoms with Gasteiger partial charge in [0.15, 0.2) is 5.96 Å². The van der Waals surface area contributed by atoms with Crippen LogP contribution >= 0.6 is 11.3 Å². The highest BCUT2D eigenvalue weighted by Crippen LogP contribution is 2.28. The molecule has 2 heterocycles. The van der Waals surface area contributed by atoms with Gasteiger partial charge in [-0.3, -0.25) is 14.7 Å². The molecule has 1 aromatic heterocycles. The summed E-state index contributed by atoms with van der Waals surface area (Å²) < 4.78 is 0. The van der Waals surface area contributed by atoms with E-state index in [4.69, 9.17) is 4.99 Å². The number of nitrogens with one attached hydrogen (secondary N) is 3. The first-order valence-electron chi connectivity index (χ1n) is 9.81. The van der Waals surface area contributed by atoms with Gasteiger partial charge in [-0.15, -0.1) is 11.3 Å². The summed E-state index contributed by atoms with van der Waals surface area (Å²) in [6.45, 7) is 9.29. The molecule has 1 fully saturated rings. The highest BCUT2D eigenvalue weighted by atomic mass is 32.1. The Bertz CT molecular complexity index is 540. The maximum Gasteiger partial charge on any atom is 0.221 e. The van der Waals surface area contributed by atoms with E-state index < -0.39 is 0 Å². The summed E-state index contributed by atoms with van der Waals surface area (Å²) in [6.07, 6.45) is 3.97. The number of thiophene rings is 1. The van der Waals surface area contributed by atoms with Crippen molar-refractivity contribution in [2.24, 2.45) is 4.99 Å². The van der Waals surface area contributed by atoms with Crippen LogP contribution in [-0.2, 0) is 4.79 Å². The summed E-state index contributed by atoms with van der Waals surface area (Å²) in [5.74, 6) is 0.875. The van der Waals surface area contributed by atoms with Crippen LogP contribution in [0.25, 0.3) is 0 Å². The SMILES string of the molecule is CCCNC(=O)CCNC(=NCC(c1cccs1)N1CCCC1)NCC. The van der Waals surface area contributed by atoms with E-state index in [0.717, 1.165) is 45.1 Å². The predicted octanol–water partition coefficient (Wildman–Crippen LogP) is 2.36. The highest BCUT2D eigenvalue weighted by Gasteiger charge is 2.24. The number of guanidine groups is 1. The minimum absolute atomic E-state index is 0.0868. The van der Waals surface area contributed by atoms with Gasteiger partial charge in [-0.25, -0.2) is 0 Å². The number of amides is 1. The molecule has 2 rings (SSSR count). The molecule has 1 aliphatic rings. The Labute approximate surface area is 161 Å². The van der Waals surface area contributed by atoms with E-state index in [1.165, 1.54) is 17.7 Å². The van der Waals surface area contributed by atoms with Crippen LogP contribution < -0.4 is 16.0 Å². The van der Waals surface area contributed by atoms with Gasteiger partial charge in [0.05, 0.1) is 12.6 Å². The molecule has 0 aromatic carbocycles. The van der Waals surface area contributed by atoms with Crippen molar-refractivity contribution in [2.75, 3.05) is 39.3 Å². The van der Waals surface area contributed by atoms with E-state index in [9.17, 15) is 4.79 Å².